The Balaban J connectivity index is 2.11. The molecule has 0 unspecified atom stereocenters. The van der Waals surface area contributed by atoms with Gasteiger partial charge in [-0.05, 0) is 24.6 Å². The van der Waals surface area contributed by atoms with Gasteiger partial charge in [0, 0.05) is 5.56 Å². The molecule has 86 valence electrons. The standard InChI is InChI=1S/C16H16O/c1-3-15-11-13(2)9-10-16(15)17-12-14-7-5-4-6-8-14/h3-11H,1,12H2,2H3. The largest absolute Gasteiger partial charge is 0.488 e. The van der Waals surface area contributed by atoms with Crippen LogP contribution < -0.4 is 4.74 Å². The highest BCUT2D eigenvalue weighted by Crippen LogP contribution is 2.22. The van der Waals surface area contributed by atoms with Gasteiger partial charge in [-0.1, -0.05) is 54.6 Å². The van der Waals surface area contributed by atoms with Gasteiger partial charge in [0.15, 0.2) is 0 Å². The van der Waals surface area contributed by atoms with Crippen LogP contribution in [0.1, 0.15) is 16.7 Å². The second-order valence-corrected chi connectivity index (χ2v) is 4.02. The first-order valence-corrected chi connectivity index (χ1v) is 5.69. The van der Waals surface area contributed by atoms with Crippen molar-refractivity contribution >= 4 is 6.08 Å². The van der Waals surface area contributed by atoms with Crippen molar-refractivity contribution in [3.63, 3.8) is 0 Å². The van der Waals surface area contributed by atoms with E-state index >= 15 is 0 Å². The van der Waals surface area contributed by atoms with Gasteiger partial charge in [0.2, 0.25) is 0 Å². The average molecular weight is 224 g/mol. The molecule has 0 atom stereocenters. The fraction of sp³-hybridized carbons (Fsp3) is 0.125. The van der Waals surface area contributed by atoms with E-state index in [1.165, 1.54) is 11.1 Å². The van der Waals surface area contributed by atoms with Crippen LogP contribution >= 0.6 is 0 Å². The predicted octanol–water partition coefficient (Wildman–Crippen LogP) is 4.22. The SMILES string of the molecule is C=Cc1cc(C)ccc1OCc1ccccc1. The van der Waals surface area contributed by atoms with E-state index in [2.05, 4.69) is 31.7 Å². The lowest BCUT2D eigenvalue weighted by Gasteiger charge is -2.10. The molecule has 0 amide bonds. The Labute approximate surface area is 102 Å². The molecule has 0 bridgehead atoms. The number of hydrogen-bond acceptors (Lipinski definition) is 1. The highest BCUT2D eigenvalue weighted by atomic mass is 16.5. The Bertz CT molecular complexity index is 500. The topological polar surface area (TPSA) is 9.23 Å². The summed E-state index contributed by atoms with van der Waals surface area (Å²) in [7, 11) is 0. The highest BCUT2D eigenvalue weighted by Gasteiger charge is 2.01. The van der Waals surface area contributed by atoms with Crippen molar-refractivity contribution in [3.05, 3.63) is 71.8 Å². The molecule has 0 aromatic heterocycles. The molecule has 2 rings (SSSR count). The predicted molar refractivity (Wildman–Crippen MR) is 72.0 cm³/mol. The lowest BCUT2D eigenvalue weighted by atomic mass is 10.1. The molecule has 0 heterocycles. The minimum atomic E-state index is 0.588. The normalized spacial score (nSPS) is 9.94. The summed E-state index contributed by atoms with van der Waals surface area (Å²) >= 11 is 0. The van der Waals surface area contributed by atoms with Crippen LogP contribution in [0.15, 0.2) is 55.1 Å². The fourth-order valence-electron chi connectivity index (χ4n) is 1.69. The monoisotopic (exact) mass is 224 g/mol. The Kier molecular flexibility index (Phi) is 3.61. The second kappa shape index (κ2) is 5.35. The van der Waals surface area contributed by atoms with Crippen molar-refractivity contribution < 1.29 is 4.74 Å². The third kappa shape index (κ3) is 2.97. The molecule has 0 aliphatic carbocycles. The quantitative estimate of drug-likeness (QED) is 0.755. The summed E-state index contributed by atoms with van der Waals surface area (Å²) in [5, 5.41) is 0. The third-order valence-electron chi connectivity index (χ3n) is 2.62. The summed E-state index contributed by atoms with van der Waals surface area (Å²) in [4.78, 5) is 0. The van der Waals surface area contributed by atoms with E-state index < -0.39 is 0 Å². The highest BCUT2D eigenvalue weighted by molar-refractivity contribution is 5.56. The van der Waals surface area contributed by atoms with Crippen molar-refractivity contribution in [2.45, 2.75) is 13.5 Å². The summed E-state index contributed by atoms with van der Waals surface area (Å²) in [6.07, 6.45) is 1.83. The molecular formula is C16H16O. The van der Waals surface area contributed by atoms with Crippen molar-refractivity contribution in [3.8, 4) is 5.75 Å². The Morgan fingerprint density at radius 2 is 1.88 bits per heavy atom. The zero-order valence-electron chi connectivity index (χ0n) is 10.0. The van der Waals surface area contributed by atoms with Crippen LogP contribution in [0.4, 0.5) is 0 Å². The van der Waals surface area contributed by atoms with Gasteiger partial charge in [-0.15, -0.1) is 0 Å². The van der Waals surface area contributed by atoms with Crippen LogP contribution in [0, 0.1) is 6.92 Å². The van der Waals surface area contributed by atoms with Crippen LogP contribution in [-0.4, -0.2) is 0 Å². The van der Waals surface area contributed by atoms with Crippen LogP contribution in [-0.2, 0) is 6.61 Å². The summed E-state index contributed by atoms with van der Waals surface area (Å²) in [5.74, 6) is 0.884. The first kappa shape index (κ1) is 11.5. The average Bonchev–Trinajstić information content (AvgIpc) is 2.38. The number of benzene rings is 2. The van der Waals surface area contributed by atoms with Gasteiger partial charge >= 0.3 is 0 Å². The molecule has 1 heteroatoms. The van der Waals surface area contributed by atoms with E-state index in [0.29, 0.717) is 6.61 Å². The Morgan fingerprint density at radius 1 is 1.12 bits per heavy atom. The molecule has 2 aromatic carbocycles. The van der Waals surface area contributed by atoms with Crippen LogP contribution in [0.5, 0.6) is 5.75 Å². The van der Waals surface area contributed by atoms with Gasteiger partial charge in [0.25, 0.3) is 0 Å². The smallest absolute Gasteiger partial charge is 0.127 e. The number of rotatable bonds is 4. The van der Waals surface area contributed by atoms with Crippen molar-refractivity contribution in [2.24, 2.45) is 0 Å². The van der Waals surface area contributed by atoms with Gasteiger partial charge in [-0.2, -0.15) is 0 Å². The molecule has 0 saturated heterocycles. The summed E-state index contributed by atoms with van der Waals surface area (Å²) < 4.78 is 5.80. The van der Waals surface area contributed by atoms with E-state index in [4.69, 9.17) is 4.74 Å². The molecule has 17 heavy (non-hydrogen) atoms. The van der Waals surface area contributed by atoms with Gasteiger partial charge in [0.05, 0.1) is 0 Å². The van der Waals surface area contributed by atoms with Crippen LogP contribution in [0.25, 0.3) is 6.08 Å². The van der Waals surface area contributed by atoms with Crippen molar-refractivity contribution in [1.29, 1.82) is 0 Å². The van der Waals surface area contributed by atoms with E-state index in [1.54, 1.807) is 0 Å². The lowest BCUT2D eigenvalue weighted by molar-refractivity contribution is 0.305. The lowest BCUT2D eigenvalue weighted by Crippen LogP contribution is -1.96. The molecule has 0 radical (unpaired) electrons. The molecule has 0 saturated carbocycles. The Morgan fingerprint density at radius 3 is 2.59 bits per heavy atom. The maximum Gasteiger partial charge on any atom is 0.127 e. The number of ether oxygens (including phenoxy) is 1. The maximum atomic E-state index is 5.80. The number of aryl methyl sites for hydroxylation is 1. The first-order chi connectivity index (χ1) is 8.29. The molecular weight excluding hydrogens is 208 g/mol. The van der Waals surface area contributed by atoms with Crippen LogP contribution in [0.2, 0.25) is 0 Å². The van der Waals surface area contributed by atoms with Crippen LogP contribution in [0.3, 0.4) is 0 Å². The minimum Gasteiger partial charge on any atom is -0.488 e. The van der Waals surface area contributed by atoms with E-state index in [-0.39, 0.29) is 0 Å². The zero-order valence-corrected chi connectivity index (χ0v) is 10.0. The number of hydrogen-bond donors (Lipinski definition) is 0. The van der Waals surface area contributed by atoms with Crippen molar-refractivity contribution in [1.82, 2.24) is 0 Å². The molecule has 0 aliphatic heterocycles. The Hall–Kier alpha value is -2.02. The van der Waals surface area contributed by atoms with E-state index in [9.17, 15) is 0 Å². The fourth-order valence-corrected chi connectivity index (χ4v) is 1.69. The second-order valence-electron chi connectivity index (χ2n) is 4.02. The first-order valence-electron chi connectivity index (χ1n) is 5.69. The maximum absolute atomic E-state index is 5.80. The minimum absolute atomic E-state index is 0.588. The van der Waals surface area contributed by atoms with Gasteiger partial charge in [-0.3, -0.25) is 0 Å². The molecule has 0 N–H and O–H groups in total. The third-order valence-corrected chi connectivity index (χ3v) is 2.62. The summed E-state index contributed by atoms with van der Waals surface area (Å²) in [5.41, 5.74) is 3.43. The molecule has 0 fully saturated rings. The zero-order chi connectivity index (χ0) is 12.1. The molecule has 2 aromatic rings. The molecule has 0 spiro atoms. The summed E-state index contributed by atoms with van der Waals surface area (Å²) in [6, 6.07) is 16.3. The van der Waals surface area contributed by atoms with Crippen molar-refractivity contribution in [2.75, 3.05) is 0 Å². The van der Waals surface area contributed by atoms with E-state index in [0.717, 1.165) is 11.3 Å². The van der Waals surface area contributed by atoms with Gasteiger partial charge in [0.1, 0.15) is 12.4 Å². The van der Waals surface area contributed by atoms with Gasteiger partial charge < -0.3 is 4.74 Å². The molecule has 1 nitrogen and oxygen atoms in total. The summed E-state index contributed by atoms with van der Waals surface area (Å²) in [6.45, 7) is 6.46. The molecule has 0 aliphatic rings. The van der Waals surface area contributed by atoms with E-state index in [1.807, 2.05) is 36.4 Å². The van der Waals surface area contributed by atoms with Gasteiger partial charge in [-0.25, -0.2) is 0 Å².